The molecule has 0 saturated carbocycles. The molecule has 0 fully saturated rings. The van der Waals surface area contributed by atoms with Crippen LogP contribution in [0.2, 0.25) is 0 Å². The van der Waals surface area contributed by atoms with Crippen LogP contribution in [0.25, 0.3) is 5.57 Å². The molecule has 0 unspecified atom stereocenters. The van der Waals surface area contributed by atoms with E-state index in [9.17, 15) is 9.59 Å². The van der Waals surface area contributed by atoms with E-state index in [1.807, 2.05) is 61.7 Å². The van der Waals surface area contributed by atoms with Crippen LogP contribution in [0.15, 0.2) is 63.4 Å². The first-order valence-electron chi connectivity index (χ1n) is 8.45. The minimum Gasteiger partial charge on any atom is -0.468 e. The number of amides is 2. The number of nitrogens with zero attached hydrogens (tertiary/aromatic N) is 1. The van der Waals surface area contributed by atoms with Gasteiger partial charge in [0.25, 0.3) is 11.8 Å². The first kappa shape index (κ1) is 17.8. The van der Waals surface area contributed by atoms with Crippen molar-refractivity contribution in [1.29, 1.82) is 0 Å². The van der Waals surface area contributed by atoms with E-state index < -0.39 is 0 Å². The highest BCUT2D eigenvalue weighted by Crippen LogP contribution is 2.41. The molecule has 6 heteroatoms. The molecule has 136 valence electrons. The van der Waals surface area contributed by atoms with Crippen molar-refractivity contribution in [1.82, 2.24) is 0 Å². The van der Waals surface area contributed by atoms with Gasteiger partial charge in [0.1, 0.15) is 5.76 Å². The van der Waals surface area contributed by atoms with E-state index in [1.165, 1.54) is 28.0 Å². The minimum atomic E-state index is -0.275. The lowest BCUT2D eigenvalue weighted by molar-refractivity contribution is -0.119. The van der Waals surface area contributed by atoms with E-state index in [-0.39, 0.29) is 11.8 Å². The lowest BCUT2D eigenvalue weighted by Crippen LogP contribution is -2.31. The van der Waals surface area contributed by atoms with E-state index in [1.54, 1.807) is 6.26 Å². The Bertz CT molecular complexity index is 1030. The van der Waals surface area contributed by atoms with Crippen LogP contribution >= 0.6 is 23.1 Å². The molecule has 0 aliphatic carbocycles. The molecule has 0 bridgehead atoms. The van der Waals surface area contributed by atoms with Gasteiger partial charge in [0, 0.05) is 4.88 Å². The molecule has 4 rings (SSSR count). The van der Waals surface area contributed by atoms with Crippen LogP contribution in [0.4, 0.5) is 5.69 Å². The Balaban J connectivity index is 1.73. The number of anilines is 1. The van der Waals surface area contributed by atoms with E-state index in [0.717, 1.165) is 21.8 Å². The highest BCUT2D eigenvalue weighted by atomic mass is 32.2. The monoisotopic (exact) mass is 395 g/mol. The molecule has 3 aromatic rings. The van der Waals surface area contributed by atoms with Crippen LogP contribution in [-0.2, 0) is 15.3 Å². The number of thioether (sulfide) groups is 1. The standard InChI is InChI=1S/C21H17NO3S2/c1-13-7-8-15(11-14(13)2)22-20(23)18(17-6-4-10-26-17)19(21(22)24)27-12-16-5-3-9-25-16/h3-11H,12H2,1-2H3. The van der Waals surface area contributed by atoms with E-state index in [4.69, 9.17) is 4.42 Å². The Hall–Kier alpha value is -2.57. The Labute approximate surface area is 165 Å². The molecule has 2 aromatic heterocycles. The molecule has 3 heterocycles. The number of benzene rings is 1. The summed E-state index contributed by atoms with van der Waals surface area (Å²) in [6, 6.07) is 13.1. The largest absolute Gasteiger partial charge is 0.468 e. The van der Waals surface area contributed by atoms with Gasteiger partial charge in [-0.2, -0.15) is 0 Å². The molecule has 27 heavy (non-hydrogen) atoms. The van der Waals surface area contributed by atoms with E-state index in [0.29, 0.717) is 21.9 Å². The Morgan fingerprint density at radius 3 is 2.56 bits per heavy atom. The highest BCUT2D eigenvalue weighted by molar-refractivity contribution is 8.03. The summed E-state index contributed by atoms with van der Waals surface area (Å²) in [4.78, 5) is 28.9. The van der Waals surface area contributed by atoms with Crippen LogP contribution in [-0.4, -0.2) is 11.8 Å². The maximum absolute atomic E-state index is 13.2. The first-order valence-corrected chi connectivity index (χ1v) is 10.3. The van der Waals surface area contributed by atoms with Gasteiger partial charge in [-0.05, 0) is 60.7 Å². The van der Waals surface area contributed by atoms with Crippen molar-refractivity contribution >= 4 is 46.2 Å². The van der Waals surface area contributed by atoms with Gasteiger partial charge in [0.2, 0.25) is 0 Å². The van der Waals surface area contributed by atoms with Gasteiger partial charge in [0.05, 0.1) is 28.2 Å². The fourth-order valence-electron chi connectivity index (χ4n) is 2.92. The maximum Gasteiger partial charge on any atom is 0.272 e. The van der Waals surface area contributed by atoms with Gasteiger partial charge < -0.3 is 4.42 Å². The second kappa shape index (κ2) is 7.21. The predicted molar refractivity (Wildman–Crippen MR) is 110 cm³/mol. The topological polar surface area (TPSA) is 50.5 Å². The molecule has 1 aliphatic rings. The summed E-state index contributed by atoms with van der Waals surface area (Å²) in [5, 5.41) is 1.91. The van der Waals surface area contributed by atoms with Crippen LogP contribution in [0.3, 0.4) is 0 Å². The fourth-order valence-corrected chi connectivity index (χ4v) is 4.76. The van der Waals surface area contributed by atoms with Crippen molar-refractivity contribution in [2.45, 2.75) is 19.6 Å². The lowest BCUT2D eigenvalue weighted by Gasteiger charge is -2.16. The second-order valence-electron chi connectivity index (χ2n) is 6.26. The zero-order valence-electron chi connectivity index (χ0n) is 14.9. The smallest absolute Gasteiger partial charge is 0.272 e. The lowest BCUT2D eigenvalue weighted by atomic mass is 10.1. The third kappa shape index (κ3) is 3.26. The minimum absolute atomic E-state index is 0.271. The van der Waals surface area contributed by atoms with Crippen molar-refractivity contribution < 1.29 is 14.0 Å². The molecule has 0 saturated heterocycles. The normalized spacial score (nSPS) is 14.5. The number of carbonyl (C=O) groups excluding carboxylic acids is 2. The average Bonchev–Trinajstić information content (AvgIpc) is 3.38. The van der Waals surface area contributed by atoms with Gasteiger partial charge in [-0.3, -0.25) is 9.59 Å². The Kier molecular flexibility index (Phi) is 4.76. The highest BCUT2D eigenvalue weighted by Gasteiger charge is 2.40. The van der Waals surface area contributed by atoms with Gasteiger partial charge in [-0.15, -0.1) is 23.1 Å². The molecule has 2 amide bonds. The molecular weight excluding hydrogens is 378 g/mol. The quantitative estimate of drug-likeness (QED) is 0.559. The van der Waals surface area contributed by atoms with Crippen molar-refractivity contribution in [2.75, 3.05) is 4.90 Å². The van der Waals surface area contributed by atoms with E-state index >= 15 is 0 Å². The summed E-state index contributed by atoms with van der Waals surface area (Å²) in [5.74, 6) is 0.718. The summed E-state index contributed by atoms with van der Waals surface area (Å²) in [5.41, 5.74) is 3.25. The third-order valence-electron chi connectivity index (χ3n) is 4.50. The molecule has 0 atom stereocenters. The molecule has 1 aliphatic heterocycles. The summed E-state index contributed by atoms with van der Waals surface area (Å²) in [6.07, 6.45) is 1.60. The number of aryl methyl sites for hydroxylation is 2. The second-order valence-corrected chi connectivity index (χ2v) is 8.20. The summed E-state index contributed by atoms with van der Waals surface area (Å²) in [7, 11) is 0. The molecular formula is C21H17NO3S2. The number of rotatable bonds is 5. The Morgan fingerprint density at radius 2 is 1.89 bits per heavy atom. The Morgan fingerprint density at radius 1 is 1.04 bits per heavy atom. The fraction of sp³-hybridized carbons (Fsp3) is 0.143. The third-order valence-corrected chi connectivity index (χ3v) is 6.48. The summed E-state index contributed by atoms with van der Waals surface area (Å²) in [6.45, 7) is 3.98. The van der Waals surface area contributed by atoms with Crippen molar-refractivity contribution in [3.8, 4) is 0 Å². The van der Waals surface area contributed by atoms with Crippen molar-refractivity contribution in [3.63, 3.8) is 0 Å². The van der Waals surface area contributed by atoms with Gasteiger partial charge in [-0.1, -0.05) is 12.1 Å². The molecule has 1 aromatic carbocycles. The molecule has 0 radical (unpaired) electrons. The number of thiophene rings is 1. The van der Waals surface area contributed by atoms with Crippen LogP contribution in [0.1, 0.15) is 21.8 Å². The maximum atomic E-state index is 13.2. The number of hydrogen-bond acceptors (Lipinski definition) is 5. The molecule has 0 spiro atoms. The predicted octanol–water partition coefficient (Wildman–Crippen LogP) is 5.18. The van der Waals surface area contributed by atoms with Crippen molar-refractivity contribution in [3.05, 3.63) is 80.8 Å². The van der Waals surface area contributed by atoms with Crippen LogP contribution < -0.4 is 4.90 Å². The molecule has 0 N–H and O–H groups in total. The van der Waals surface area contributed by atoms with Gasteiger partial charge in [0.15, 0.2) is 0 Å². The van der Waals surface area contributed by atoms with Gasteiger partial charge >= 0.3 is 0 Å². The number of furan rings is 1. The average molecular weight is 396 g/mol. The van der Waals surface area contributed by atoms with Gasteiger partial charge in [-0.25, -0.2) is 4.90 Å². The molecule has 4 nitrogen and oxygen atoms in total. The number of carbonyl (C=O) groups is 2. The van der Waals surface area contributed by atoms with Crippen LogP contribution in [0, 0.1) is 13.8 Å². The zero-order valence-corrected chi connectivity index (χ0v) is 16.5. The summed E-state index contributed by atoms with van der Waals surface area (Å²) >= 11 is 2.81. The SMILES string of the molecule is Cc1ccc(N2C(=O)C(SCc3ccco3)=C(c3cccs3)C2=O)cc1C. The zero-order chi connectivity index (χ0) is 19.0. The first-order chi connectivity index (χ1) is 13.1. The van der Waals surface area contributed by atoms with Crippen LogP contribution in [0.5, 0.6) is 0 Å². The number of imide groups is 1. The van der Waals surface area contributed by atoms with Crippen molar-refractivity contribution in [2.24, 2.45) is 0 Å². The summed E-state index contributed by atoms with van der Waals surface area (Å²) < 4.78 is 5.37. The number of hydrogen-bond donors (Lipinski definition) is 0. The van der Waals surface area contributed by atoms with E-state index in [2.05, 4.69) is 0 Å².